The van der Waals surface area contributed by atoms with Crippen LogP contribution in [0.2, 0.25) is 0 Å². The summed E-state index contributed by atoms with van der Waals surface area (Å²) < 4.78 is 5.28. The summed E-state index contributed by atoms with van der Waals surface area (Å²) in [6.45, 7) is 6.31. The van der Waals surface area contributed by atoms with Crippen LogP contribution in [0.25, 0.3) is 0 Å². The molecule has 8 heteroatoms. The van der Waals surface area contributed by atoms with Gasteiger partial charge in [-0.2, -0.15) is 0 Å². The first-order valence-electron chi connectivity index (χ1n) is 9.19. The minimum absolute atomic E-state index is 0.0636. The lowest BCUT2D eigenvalue weighted by atomic mass is 10.1. The van der Waals surface area contributed by atoms with E-state index in [2.05, 4.69) is 32.5 Å². The van der Waals surface area contributed by atoms with Gasteiger partial charge in [0.15, 0.2) is 5.17 Å². The first-order chi connectivity index (χ1) is 13.6. The fourth-order valence-electron chi connectivity index (χ4n) is 2.85. The van der Waals surface area contributed by atoms with Crippen LogP contribution in [0.3, 0.4) is 0 Å². The average molecular weight is 400 g/mol. The number of nitrogens with zero attached hydrogens (tertiary/aromatic N) is 2. The molecule has 0 aromatic carbocycles. The summed E-state index contributed by atoms with van der Waals surface area (Å²) in [5.41, 5.74) is 0.622. The second-order valence-electron chi connectivity index (χ2n) is 6.41. The van der Waals surface area contributed by atoms with E-state index >= 15 is 0 Å². The van der Waals surface area contributed by atoms with Gasteiger partial charge in [0, 0.05) is 35.7 Å². The third-order valence-electron chi connectivity index (χ3n) is 4.30. The number of ether oxygens (including phenoxy) is 1. The van der Waals surface area contributed by atoms with Crippen LogP contribution in [0.5, 0.6) is 0 Å². The van der Waals surface area contributed by atoms with Crippen molar-refractivity contribution in [3.05, 3.63) is 59.4 Å². The number of thioether (sulfide) groups is 1. The minimum atomic E-state index is -0.0636. The Kier molecular flexibility index (Phi) is 7.27. The molecule has 3 aliphatic rings. The number of amidine groups is 2. The monoisotopic (exact) mass is 399 g/mol. The van der Waals surface area contributed by atoms with Crippen LogP contribution in [-0.2, 0) is 9.53 Å². The van der Waals surface area contributed by atoms with Crippen LogP contribution in [0.4, 0.5) is 0 Å². The first kappa shape index (κ1) is 20.2. The number of methoxy groups -OCH3 is 1. The number of aliphatic imine (C=N–C) groups is 2. The van der Waals surface area contributed by atoms with Crippen molar-refractivity contribution in [2.45, 2.75) is 18.9 Å². The summed E-state index contributed by atoms with van der Waals surface area (Å²) in [5, 5.41) is 10.3. The molecule has 1 unspecified atom stereocenters. The Hall–Kier alpha value is -2.58. The average Bonchev–Trinajstić information content (AvgIpc) is 3.10. The van der Waals surface area contributed by atoms with Crippen LogP contribution >= 0.6 is 11.8 Å². The molecule has 148 valence electrons. The Bertz CT molecular complexity index is 801. The van der Waals surface area contributed by atoms with Crippen molar-refractivity contribution in [1.82, 2.24) is 16.0 Å². The van der Waals surface area contributed by atoms with Crippen molar-refractivity contribution in [2.24, 2.45) is 9.98 Å². The highest BCUT2D eigenvalue weighted by Gasteiger charge is 2.18. The maximum absolute atomic E-state index is 12.4. The molecule has 1 atom stereocenters. The third-order valence-corrected chi connectivity index (χ3v) is 5.10. The zero-order chi connectivity index (χ0) is 19.8. The van der Waals surface area contributed by atoms with Gasteiger partial charge in [-0.15, -0.1) is 0 Å². The van der Waals surface area contributed by atoms with Crippen LogP contribution < -0.4 is 16.0 Å². The fourth-order valence-corrected chi connectivity index (χ4v) is 3.58. The normalized spacial score (nSPS) is 27.5. The molecule has 0 radical (unpaired) electrons. The van der Waals surface area contributed by atoms with Gasteiger partial charge in [-0.05, 0) is 31.2 Å². The quantitative estimate of drug-likeness (QED) is 0.676. The van der Waals surface area contributed by atoms with E-state index in [4.69, 9.17) is 4.74 Å². The van der Waals surface area contributed by atoms with E-state index in [0.29, 0.717) is 23.7 Å². The maximum Gasteiger partial charge on any atom is 0.251 e. The molecule has 7 nitrogen and oxygen atoms in total. The molecule has 3 N–H and O–H groups in total. The Morgan fingerprint density at radius 3 is 3.11 bits per heavy atom. The molecule has 0 saturated carbocycles. The van der Waals surface area contributed by atoms with Crippen molar-refractivity contribution in [1.29, 1.82) is 0 Å². The molecule has 1 saturated heterocycles. The van der Waals surface area contributed by atoms with E-state index in [0.717, 1.165) is 36.0 Å². The zero-order valence-electron chi connectivity index (χ0n) is 15.9. The third kappa shape index (κ3) is 5.97. The molecular weight excluding hydrogens is 374 g/mol. The van der Waals surface area contributed by atoms with E-state index in [1.54, 1.807) is 19.4 Å². The Morgan fingerprint density at radius 1 is 1.43 bits per heavy atom. The van der Waals surface area contributed by atoms with E-state index in [1.807, 2.05) is 24.3 Å². The molecule has 3 aliphatic heterocycles. The molecule has 0 aromatic rings. The summed E-state index contributed by atoms with van der Waals surface area (Å²) in [5.74, 6) is 1.39. The number of nitrogens with one attached hydrogen (secondary N) is 3. The summed E-state index contributed by atoms with van der Waals surface area (Å²) >= 11 is 1.42. The molecule has 1 amide bonds. The molecule has 0 bridgehead atoms. The van der Waals surface area contributed by atoms with Gasteiger partial charge in [0.25, 0.3) is 5.91 Å². The maximum atomic E-state index is 12.4. The van der Waals surface area contributed by atoms with Crippen molar-refractivity contribution < 1.29 is 9.53 Å². The van der Waals surface area contributed by atoms with Gasteiger partial charge in [-0.25, -0.2) is 4.99 Å². The molecule has 1 fully saturated rings. The number of rotatable bonds is 3. The SMILES string of the molecule is C=C1/C=C(OC)\C=C/C/N=C(/NC2=NC=CC(C(=O)NC3CCNC3)=CC2)S1. The van der Waals surface area contributed by atoms with Gasteiger partial charge >= 0.3 is 0 Å². The number of hydrogen-bond donors (Lipinski definition) is 3. The largest absolute Gasteiger partial charge is 0.497 e. The smallest absolute Gasteiger partial charge is 0.251 e. The molecule has 28 heavy (non-hydrogen) atoms. The van der Waals surface area contributed by atoms with Crippen LogP contribution in [-0.4, -0.2) is 49.7 Å². The van der Waals surface area contributed by atoms with Gasteiger partial charge in [0.2, 0.25) is 0 Å². The van der Waals surface area contributed by atoms with Crippen molar-refractivity contribution in [3.8, 4) is 0 Å². The van der Waals surface area contributed by atoms with Crippen molar-refractivity contribution in [2.75, 3.05) is 26.7 Å². The van der Waals surface area contributed by atoms with Gasteiger partial charge in [-0.3, -0.25) is 9.79 Å². The lowest BCUT2D eigenvalue weighted by Crippen LogP contribution is -2.36. The van der Waals surface area contributed by atoms with Crippen LogP contribution in [0, 0.1) is 0 Å². The number of hydrogen-bond acceptors (Lipinski definition) is 7. The highest BCUT2D eigenvalue weighted by atomic mass is 32.2. The highest BCUT2D eigenvalue weighted by Crippen LogP contribution is 2.20. The summed E-state index contributed by atoms with van der Waals surface area (Å²) in [7, 11) is 1.63. The summed E-state index contributed by atoms with van der Waals surface area (Å²) in [6, 6.07) is 0.192. The van der Waals surface area contributed by atoms with Gasteiger partial charge in [0.05, 0.1) is 13.7 Å². The van der Waals surface area contributed by atoms with Crippen LogP contribution in [0.15, 0.2) is 69.4 Å². The Labute approximate surface area is 169 Å². The summed E-state index contributed by atoms with van der Waals surface area (Å²) in [6.07, 6.45) is 12.4. The van der Waals surface area contributed by atoms with Gasteiger partial charge in [0.1, 0.15) is 11.6 Å². The second-order valence-corrected chi connectivity index (χ2v) is 7.53. The van der Waals surface area contributed by atoms with E-state index in [9.17, 15) is 4.79 Å². The van der Waals surface area contributed by atoms with E-state index in [1.165, 1.54) is 11.8 Å². The number of carbonyl (C=O) groups is 1. The number of carbonyl (C=O) groups excluding carboxylic acids is 1. The van der Waals surface area contributed by atoms with E-state index < -0.39 is 0 Å². The molecule has 3 rings (SSSR count). The Morgan fingerprint density at radius 2 is 2.32 bits per heavy atom. The standard InChI is InChI=1S/C20H25N5O2S/c1-14-12-17(27-2)4-3-9-23-20(28-14)25-18-6-5-15(7-11-22-18)19(26)24-16-8-10-21-13-16/h3-5,7,11-12,16,21H,1,6,8-10,13H2,2H3,(H,24,26)(H,22,23,25)/b4-3-,17-12+. The fraction of sp³-hybridized carbons (Fsp3) is 0.350. The highest BCUT2D eigenvalue weighted by molar-refractivity contribution is 8.17. The predicted molar refractivity (Wildman–Crippen MR) is 115 cm³/mol. The zero-order valence-corrected chi connectivity index (χ0v) is 16.7. The lowest BCUT2D eigenvalue weighted by Gasteiger charge is -2.12. The summed E-state index contributed by atoms with van der Waals surface area (Å²) in [4.78, 5) is 22.2. The number of allylic oxidation sites excluding steroid dienone is 2. The van der Waals surface area contributed by atoms with E-state index in [-0.39, 0.29) is 11.9 Å². The van der Waals surface area contributed by atoms with Crippen LogP contribution in [0.1, 0.15) is 12.8 Å². The molecule has 0 aliphatic carbocycles. The predicted octanol–water partition coefficient (Wildman–Crippen LogP) is 2.00. The second kappa shape index (κ2) is 10.1. The topological polar surface area (TPSA) is 87.1 Å². The van der Waals surface area contributed by atoms with Crippen molar-refractivity contribution >= 4 is 28.7 Å². The molecular formula is C20H25N5O2S. The molecule has 3 heterocycles. The van der Waals surface area contributed by atoms with Gasteiger partial charge in [-0.1, -0.05) is 30.5 Å². The molecule has 0 aromatic heterocycles. The lowest BCUT2D eigenvalue weighted by molar-refractivity contribution is -0.117. The number of amides is 1. The van der Waals surface area contributed by atoms with Gasteiger partial charge < -0.3 is 20.7 Å². The Balaban J connectivity index is 1.60. The first-order valence-corrected chi connectivity index (χ1v) is 10.0. The van der Waals surface area contributed by atoms with Crippen molar-refractivity contribution in [3.63, 3.8) is 0 Å². The molecule has 0 spiro atoms. The minimum Gasteiger partial charge on any atom is -0.497 e.